The summed E-state index contributed by atoms with van der Waals surface area (Å²) in [6.07, 6.45) is 6.54. The first-order valence-electron chi connectivity index (χ1n) is 12.6. The van der Waals surface area contributed by atoms with Crippen LogP contribution in [0.4, 0.5) is 10.1 Å². The van der Waals surface area contributed by atoms with Gasteiger partial charge in [0, 0.05) is 68.6 Å². The van der Waals surface area contributed by atoms with E-state index in [0.29, 0.717) is 39.0 Å². The van der Waals surface area contributed by atoms with Gasteiger partial charge >= 0.3 is 5.69 Å². The molecule has 0 unspecified atom stereocenters. The molecule has 3 aromatic carbocycles. The normalized spacial score (nSPS) is 15.7. The number of hydrogen-bond donors (Lipinski definition) is 2. The SMILES string of the molecule is C[C@@H]1CN(c2cc(-c3cc(F)cc(-c4ccc(-n5ccn(C)c5=O)c(Cl)c4)c3O)cc3nccnc23)CCN1. The van der Waals surface area contributed by atoms with Crippen LogP contribution in [0.5, 0.6) is 5.75 Å². The minimum atomic E-state index is -0.506. The molecular formula is C29H26ClFN6O2. The minimum absolute atomic E-state index is 0.0834. The summed E-state index contributed by atoms with van der Waals surface area (Å²) in [5.41, 5.74) is 4.31. The molecule has 1 aliphatic heterocycles. The number of piperazine rings is 1. The Bertz CT molecular complexity index is 1780. The van der Waals surface area contributed by atoms with Crippen LogP contribution >= 0.6 is 11.6 Å². The number of rotatable bonds is 4. The van der Waals surface area contributed by atoms with E-state index in [1.165, 1.54) is 21.3 Å². The third-order valence-electron chi connectivity index (χ3n) is 7.11. The van der Waals surface area contributed by atoms with Crippen LogP contribution in [-0.4, -0.2) is 49.9 Å². The van der Waals surface area contributed by atoms with Crippen molar-refractivity contribution in [1.29, 1.82) is 0 Å². The predicted octanol–water partition coefficient (Wildman–Crippen LogP) is 4.75. The van der Waals surface area contributed by atoms with Gasteiger partial charge in [0.15, 0.2) is 0 Å². The maximum atomic E-state index is 15.1. The molecule has 6 rings (SSSR count). The average Bonchev–Trinajstić information content (AvgIpc) is 3.26. The molecule has 2 N–H and O–H groups in total. The van der Waals surface area contributed by atoms with Gasteiger partial charge in [0.1, 0.15) is 17.1 Å². The van der Waals surface area contributed by atoms with E-state index in [9.17, 15) is 9.90 Å². The fourth-order valence-electron chi connectivity index (χ4n) is 5.16. The van der Waals surface area contributed by atoms with Crippen LogP contribution in [0.15, 0.2) is 72.0 Å². The number of nitrogens with one attached hydrogen (secondary N) is 1. The Labute approximate surface area is 228 Å². The number of phenolic OH excluding ortho intramolecular Hbond substituents is 1. The summed E-state index contributed by atoms with van der Waals surface area (Å²) in [5, 5.41) is 15.2. The first kappa shape index (κ1) is 25.1. The van der Waals surface area contributed by atoms with Crippen LogP contribution < -0.4 is 15.9 Å². The van der Waals surface area contributed by atoms with E-state index in [2.05, 4.69) is 27.1 Å². The number of fused-ring (bicyclic) bond motifs is 1. The van der Waals surface area contributed by atoms with Crippen LogP contribution in [0.2, 0.25) is 5.02 Å². The molecule has 0 radical (unpaired) electrons. The van der Waals surface area contributed by atoms with E-state index in [0.717, 1.165) is 30.8 Å². The highest BCUT2D eigenvalue weighted by molar-refractivity contribution is 6.32. The first-order valence-corrected chi connectivity index (χ1v) is 13.0. The molecule has 8 nitrogen and oxygen atoms in total. The number of nitrogens with zero attached hydrogens (tertiary/aromatic N) is 5. The number of aromatic hydroxyl groups is 1. The molecule has 3 heterocycles. The van der Waals surface area contributed by atoms with Crippen molar-refractivity contribution < 1.29 is 9.50 Å². The molecule has 0 spiro atoms. The fraction of sp³-hybridized carbons (Fsp3) is 0.207. The standard InChI is InChI=1S/C29H26ClFN6O2/c1-17-16-36(8-7-32-17)26-13-19(12-24-27(26)34-6-5-33-24)22-15-20(31)14-21(28(22)38)18-3-4-25(23(30)11-18)37-10-9-35(2)29(37)39/h3-6,9-15,17,32,38H,7-8,16H2,1-2H3/t17-/m1/s1. The van der Waals surface area contributed by atoms with Gasteiger partial charge in [-0.3, -0.25) is 14.5 Å². The van der Waals surface area contributed by atoms with E-state index in [-0.39, 0.29) is 17.0 Å². The minimum Gasteiger partial charge on any atom is -0.507 e. The Balaban J connectivity index is 1.47. The molecule has 2 aromatic heterocycles. The van der Waals surface area contributed by atoms with Gasteiger partial charge in [-0.15, -0.1) is 0 Å². The second-order valence-corrected chi connectivity index (χ2v) is 10.2. The van der Waals surface area contributed by atoms with Gasteiger partial charge in [-0.05, 0) is 54.4 Å². The summed E-state index contributed by atoms with van der Waals surface area (Å²) in [6, 6.07) is 11.6. The topological polar surface area (TPSA) is 88.2 Å². The maximum Gasteiger partial charge on any atom is 0.332 e. The number of halogens is 2. The van der Waals surface area contributed by atoms with Crippen molar-refractivity contribution >= 4 is 28.3 Å². The van der Waals surface area contributed by atoms with Crippen molar-refractivity contribution in [3.8, 4) is 33.7 Å². The molecule has 39 heavy (non-hydrogen) atoms. The Hall–Kier alpha value is -4.21. The zero-order chi connectivity index (χ0) is 27.3. The van der Waals surface area contributed by atoms with Crippen LogP contribution in [0.1, 0.15) is 6.92 Å². The average molecular weight is 545 g/mol. The Kier molecular flexibility index (Phi) is 6.32. The molecule has 0 bridgehead atoms. The van der Waals surface area contributed by atoms with Crippen molar-refractivity contribution in [2.24, 2.45) is 7.05 Å². The number of anilines is 1. The molecular weight excluding hydrogens is 519 g/mol. The van der Waals surface area contributed by atoms with Gasteiger partial charge in [0.05, 0.1) is 21.9 Å². The van der Waals surface area contributed by atoms with Crippen LogP contribution in [0, 0.1) is 5.82 Å². The summed E-state index contributed by atoms with van der Waals surface area (Å²) < 4.78 is 17.9. The zero-order valence-corrected chi connectivity index (χ0v) is 22.2. The largest absolute Gasteiger partial charge is 0.507 e. The quantitative estimate of drug-likeness (QED) is 0.339. The summed E-state index contributed by atoms with van der Waals surface area (Å²) in [5.74, 6) is -0.589. The highest BCUT2D eigenvalue weighted by atomic mass is 35.5. The lowest BCUT2D eigenvalue weighted by Crippen LogP contribution is -2.49. The summed E-state index contributed by atoms with van der Waals surface area (Å²) in [4.78, 5) is 23.7. The summed E-state index contributed by atoms with van der Waals surface area (Å²) in [7, 11) is 1.65. The molecule has 0 saturated carbocycles. The number of aromatic nitrogens is 4. The summed E-state index contributed by atoms with van der Waals surface area (Å²) in [6.45, 7) is 4.52. The van der Waals surface area contributed by atoms with Crippen molar-refractivity contribution in [3.63, 3.8) is 0 Å². The number of hydrogen-bond acceptors (Lipinski definition) is 6. The Morgan fingerprint density at radius 2 is 1.79 bits per heavy atom. The molecule has 0 amide bonds. The zero-order valence-electron chi connectivity index (χ0n) is 21.4. The van der Waals surface area contributed by atoms with Crippen molar-refractivity contribution in [2.75, 3.05) is 24.5 Å². The van der Waals surface area contributed by atoms with E-state index >= 15 is 4.39 Å². The van der Waals surface area contributed by atoms with Gasteiger partial charge in [-0.25, -0.2) is 9.18 Å². The van der Waals surface area contributed by atoms with Gasteiger partial charge in [0.2, 0.25) is 0 Å². The number of imidazole rings is 1. The number of aryl methyl sites for hydroxylation is 1. The number of phenols is 1. The van der Waals surface area contributed by atoms with E-state index in [1.54, 1.807) is 50.0 Å². The van der Waals surface area contributed by atoms with E-state index < -0.39 is 5.82 Å². The third kappa shape index (κ3) is 4.53. The first-order chi connectivity index (χ1) is 18.8. The molecule has 5 aromatic rings. The van der Waals surface area contributed by atoms with Gasteiger partial charge in [0.25, 0.3) is 0 Å². The summed E-state index contributed by atoms with van der Waals surface area (Å²) >= 11 is 6.56. The Morgan fingerprint density at radius 3 is 2.51 bits per heavy atom. The van der Waals surface area contributed by atoms with Crippen LogP contribution in [0.3, 0.4) is 0 Å². The van der Waals surface area contributed by atoms with E-state index in [4.69, 9.17) is 11.6 Å². The third-order valence-corrected chi connectivity index (χ3v) is 7.42. The van der Waals surface area contributed by atoms with Gasteiger partial charge in [-0.2, -0.15) is 0 Å². The highest BCUT2D eigenvalue weighted by Crippen LogP contribution is 2.42. The molecule has 1 fully saturated rings. The van der Waals surface area contributed by atoms with Gasteiger partial charge < -0.3 is 19.9 Å². The molecule has 1 atom stereocenters. The second-order valence-electron chi connectivity index (χ2n) is 9.80. The molecule has 198 valence electrons. The molecule has 10 heteroatoms. The smallest absolute Gasteiger partial charge is 0.332 e. The van der Waals surface area contributed by atoms with Crippen molar-refractivity contribution in [2.45, 2.75) is 13.0 Å². The van der Waals surface area contributed by atoms with Crippen LogP contribution in [-0.2, 0) is 7.05 Å². The predicted molar refractivity (Wildman–Crippen MR) is 151 cm³/mol. The Morgan fingerprint density at radius 1 is 1.03 bits per heavy atom. The lowest BCUT2D eigenvalue weighted by Gasteiger charge is -2.34. The van der Waals surface area contributed by atoms with Gasteiger partial charge in [-0.1, -0.05) is 17.7 Å². The lowest BCUT2D eigenvalue weighted by molar-refractivity contribution is 0.477. The fourth-order valence-corrected chi connectivity index (χ4v) is 5.43. The maximum absolute atomic E-state index is 15.1. The van der Waals surface area contributed by atoms with Crippen molar-refractivity contribution in [3.05, 3.63) is 88.6 Å². The van der Waals surface area contributed by atoms with E-state index in [1.807, 2.05) is 12.1 Å². The molecule has 1 saturated heterocycles. The monoisotopic (exact) mass is 544 g/mol. The molecule has 1 aliphatic rings. The second kappa shape index (κ2) is 9.83. The lowest BCUT2D eigenvalue weighted by atomic mass is 9.95. The van der Waals surface area contributed by atoms with Crippen molar-refractivity contribution in [1.82, 2.24) is 24.4 Å². The van der Waals surface area contributed by atoms with Crippen LogP contribution in [0.25, 0.3) is 39.0 Å². The number of benzene rings is 3. The molecule has 0 aliphatic carbocycles. The highest BCUT2D eigenvalue weighted by Gasteiger charge is 2.22.